The van der Waals surface area contributed by atoms with Crippen molar-refractivity contribution in [2.45, 2.75) is 40.0 Å². The van der Waals surface area contributed by atoms with Crippen LogP contribution in [-0.2, 0) is 4.79 Å². The number of rotatable bonds is 8. The van der Waals surface area contributed by atoms with Gasteiger partial charge < -0.3 is 15.1 Å². The zero-order valence-corrected chi connectivity index (χ0v) is 15.9. The third-order valence-corrected chi connectivity index (χ3v) is 4.39. The highest BCUT2D eigenvalue weighted by Crippen LogP contribution is 2.23. The Bertz CT molecular complexity index is 304. The average Bonchev–Trinajstić information content (AvgIpc) is 2.43. The molecule has 1 aliphatic rings. The fourth-order valence-corrected chi connectivity index (χ4v) is 3.01. The van der Waals surface area contributed by atoms with E-state index in [1.165, 1.54) is 12.8 Å². The van der Waals surface area contributed by atoms with Gasteiger partial charge in [-0.05, 0) is 57.8 Å². The third kappa shape index (κ3) is 8.35. The molecular weight excluding hydrogens is 298 g/mol. The van der Waals surface area contributed by atoms with Crippen LogP contribution < -0.4 is 5.32 Å². The number of halogens is 1. The van der Waals surface area contributed by atoms with E-state index in [2.05, 4.69) is 50.0 Å². The number of hydrogen-bond donors (Lipinski definition) is 1. The zero-order valence-electron chi connectivity index (χ0n) is 15.1. The quantitative estimate of drug-likeness (QED) is 0.741. The second-order valence-corrected chi connectivity index (χ2v) is 7.32. The van der Waals surface area contributed by atoms with Gasteiger partial charge in [-0.2, -0.15) is 0 Å². The van der Waals surface area contributed by atoms with Crippen molar-refractivity contribution in [2.24, 2.45) is 17.8 Å². The number of amides is 1. The number of carbonyl (C=O) groups excluding carboxylic acids is 1. The van der Waals surface area contributed by atoms with Gasteiger partial charge in [0.25, 0.3) is 0 Å². The van der Waals surface area contributed by atoms with Crippen LogP contribution in [0.5, 0.6) is 0 Å². The van der Waals surface area contributed by atoms with Crippen molar-refractivity contribution >= 4 is 18.3 Å². The maximum atomic E-state index is 12.6. The molecule has 0 aromatic heterocycles. The molecule has 0 aliphatic carbocycles. The minimum Gasteiger partial charge on any atom is -0.341 e. The van der Waals surface area contributed by atoms with Crippen molar-refractivity contribution in [1.29, 1.82) is 0 Å². The van der Waals surface area contributed by atoms with Crippen molar-refractivity contribution in [3.8, 4) is 0 Å². The summed E-state index contributed by atoms with van der Waals surface area (Å²) in [5.74, 6) is 2.02. The summed E-state index contributed by atoms with van der Waals surface area (Å²) in [5, 5.41) is 3.46. The number of nitrogens with zero attached hydrogens (tertiary/aromatic N) is 2. The highest BCUT2D eigenvalue weighted by Gasteiger charge is 2.24. The van der Waals surface area contributed by atoms with E-state index < -0.39 is 0 Å². The minimum absolute atomic E-state index is 0. The topological polar surface area (TPSA) is 35.6 Å². The predicted molar refractivity (Wildman–Crippen MR) is 96.6 cm³/mol. The lowest BCUT2D eigenvalue weighted by atomic mass is 9.85. The standard InChI is InChI=1S/C17H35N3O.ClH/c1-14(2)13-20(10-9-19(4)5)17(21)11-15(3)16-7-6-8-18-12-16;/h14-16,18H,6-13H2,1-5H3;1H. The van der Waals surface area contributed by atoms with Gasteiger partial charge in [0.15, 0.2) is 0 Å². The van der Waals surface area contributed by atoms with Crippen LogP contribution in [0.15, 0.2) is 0 Å². The summed E-state index contributed by atoms with van der Waals surface area (Å²) in [6.45, 7) is 11.5. The molecule has 0 bridgehead atoms. The number of likely N-dealkylation sites (N-methyl/N-ethyl adjacent to an activating group) is 1. The van der Waals surface area contributed by atoms with E-state index in [0.29, 0.717) is 30.1 Å². The van der Waals surface area contributed by atoms with Crippen molar-refractivity contribution in [1.82, 2.24) is 15.1 Å². The molecular formula is C17H36ClN3O. The van der Waals surface area contributed by atoms with Crippen LogP contribution >= 0.6 is 12.4 Å². The lowest BCUT2D eigenvalue weighted by Gasteiger charge is -2.31. The summed E-state index contributed by atoms with van der Waals surface area (Å²) in [6.07, 6.45) is 3.22. The monoisotopic (exact) mass is 333 g/mol. The van der Waals surface area contributed by atoms with E-state index in [1.54, 1.807) is 0 Å². The first kappa shape index (κ1) is 21.7. The second-order valence-electron chi connectivity index (χ2n) is 7.32. The normalized spacial score (nSPS) is 19.9. The van der Waals surface area contributed by atoms with E-state index in [0.717, 1.165) is 32.7 Å². The minimum atomic E-state index is 0. The lowest BCUT2D eigenvalue weighted by Crippen LogP contribution is -2.41. The first-order chi connectivity index (χ1) is 9.90. The van der Waals surface area contributed by atoms with Crippen LogP contribution in [0.4, 0.5) is 0 Å². The smallest absolute Gasteiger partial charge is 0.222 e. The van der Waals surface area contributed by atoms with Crippen LogP contribution in [0.2, 0.25) is 0 Å². The van der Waals surface area contributed by atoms with Gasteiger partial charge in [0.2, 0.25) is 5.91 Å². The van der Waals surface area contributed by atoms with Gasteiger partial charge in [0.05, 0.1) is 0 Å². The van der Waals surface area contributed by atoms with Crippen LogP contribution in [0.3, 0.4) is 0 Å². The molecule has 0 aromatic rings. The molecule has 0 saturated carbocycles. The zero-order chi connectivity index (χ0) is 15.8. The third-order valence-electron chi connectivity index (χ3n) is 4.39. The van der Waals surface area contributed by atoms with Gasteiger partial charge in [0, 0.05) is 26.1 Å². The fourth-order valence-electron chi connectivity index (χ4n) is 3.01. The highest BCUT2D eigenvalue weighted by atomic mass is 35.5. The van der Waals surface area contributed by atoms with Crippen LogP contribution in [0, 0.1) is 17.8 Å². The Hall–Kier alpha value is -0.320. The van der Waals surface area contributed by atoms with E-state index in [9.17, 15) is 4.79 Å². The van der Waals surface area contributed by atoms with Crippen molar-refractivity contribution < 1.29 is 4.79 Å². The highest BCUT2D eigenvalue weighted by molar-refractivity contribution is 5.85. The van der Waals surface area contributed by atoms with Gasteiger partial charge in [-0.3, -0.25) is 4.79 Å². The Kier molecular flexibility index (Phi) is 11.1. The van der Waals surface area contributed by atoms with Gasteiger partial charge in [-0.1, -0.05) is 20.8 Å². The molecule has 4 nitrogen and oxygen atoms in total. The summed E-state index contributed by atoms with van der Waals surface area (Å²) >= 11 is 0. The molecule has 0 aromatic carbocycles. The van der Waals surface area contributed by atoms with Gasteiger partial charge in [-0.15, -0.1) is 12.4 Å². The average molecular weight is 334 g/mol. The van der Waals surface area contributed by atoms with Gasteiger partial charge >= 0.3 is 0 Å². The molecule has 2 atom stereocenters. The maximum absolute atomic E-state index is 12.6. The van der Waals surface area contributed by atoms with E-state index in [1.807, 2.05) is 0 Å². The Morgan fingerprint density at radius 2 is 1.91 bits per heavy atom. The number of hydrogen-bond acceptors (Lipinski definition) is 3. The predicted octanol–water partition coefficient (Wildman–Crippen LogP) is 2.48. The lowest BCUT2D eigenvalue weighted by molar-refractivity contribution is -0.133. The molecule has 5 heteroatoms. The van der Waals surface area contributed by atoms with Crippen molar-refractivity contribution in [2.75, 3.05) is 46.8 Å². The molecule has 132 valence electrons. The molecule has 1 aliphatic heterocycles. The Labute approximate surface area is 143 Å². The molecule has 0 radical (unpaired) electrons. The number of piperidine rings is 1. The molecule has 2 unspecified atom stereocenters. The Balaban J connectivity index is 0.00000441. The largest absolute Gasteiger partial charge is 0.341 e. The van der Waals surface area contributed by atoms with Crippen molar-refractivity contribution in [3.63, 3.8) is 0 Å². The van der Waals surface area contributed by atoms with Crippen LogP contribution in [0.1, 0.15) is 40.0 Å². The molecule has 1 fully saturated rings. The molecule has 1 saturated heterocycles. The SMILES string of the molecule is CC(C)CN(CCN(C)C)C(=O)CC(C)C1CCCNC1.Cl. The van der Waals surface area contributed by atoms with Crippen LogP contribution in [0.25, 0.3) is 0 Å². The second kappa shape index (κ2) is 11.3. The summed E-state index contributed by atoms with van der Waals surface area (Å²) in [5.41, 5.74) is 0. The molecule has 1 amide bonds. The summed E-state index contributed by atoms with van der Waals surface area (Å²) in [4.78, 5) is 16.8. The van der Waals surface area contributed by atoms with E-state index >= 15 is 0 Å². The molecule has 1 N–H and O–H groups in total. The molecule has 0 spiro atoms. The summed E-state index contributed by atoms with van der Waals surface area (Å²) in [7, 11) is 4.13. The Morgan fingerprint density at radius 1 is 1.23 bits per heavy atom. The first-order valence-corrected chi connectivity index (χ1v) is 8.53. The fraction of sp³-hybridized carbons (Fsp3) is 0.941. The van der Waals surface area contributed by atoms with Gasteiger partial charge in [0.1, 0.15) is 0 Å². The molecule has 1 heterocycles. The van der Waals surface area contributed by atoms with E-state index in [4.69, 9.17) is 0 Å². The first-order valence-electron chi connectivity index (χ1n) is 8.53. The Morgan fingerprint density at radius 3 is 2.41 bits per heavy atom. The molecule has 22 heavy (non-hydrogen) atoms. The van der Waals surface area contributed by atoms with Crippen molar-refractivity contribution in [3.05, 3.63) is 0 Å². The number of nitrogens with one attached hydrogen (secondary N) is 1. The summed E-state index contributed by atoms with van der Waals surface area (Å²) in [6, 6.07) is 0. The maximum Gasteiger partial charge on any atom is 0.222 e. The van der Waals surface area contributed by atoms with E-state index in [-0.39, 0.29) is 12.4 Å². The van der Waals surface area contributed by atoms with Gasteiger partial charge in [-0.25, -0.2) is 0 Å². The number of carbonyl (C=O) groups is 1. The van der Waals surface area contributed by atoms with Crippen LogP contribution in [-0.4, -0.2) is 62.5 Å². The molecule has 1 rings (SSSR count). The summed E-state index contributed by atoms with van der Waals surface area (Å²) < 4.78 is 0.